The maximum atomic E-state index is 2.51. The Morgan fingerprint density at radius 1 is 0.625 bits per heavy atom. The number of hydrogen-bond acceptors (Lipinski definition) is 0. The summed E-state index contributed by atoms with van der Waals surface area (Å²) in [7, 11) is 0. The van der Waals surface area contributed by atoms with Crippen LogP contribution >= 0.6 is 22.6 Å². The second-order valence-electron chi connectivity index (χ2n) is 10.2. The molecule has 0 fully saturated rings. The molecule has 0 saturated carbocycles. The van der Waals surface area contributed by atoms with E-state index in [1.165, 1.54) is 59.2 Å². The van der Waals surface area contributed by atoms with Gasteiger partial charge in [-0.3, -0.25) is 0 Å². The van der Waals surface area contributed by atoms with E-state index >= 15 is 0 Å². The summed E-state index contributed by atoms with van der Waals surface area (Å²) in [5.74, 6) is 0. The highest BCUT2D eigenvalue weighted by Crippen LogP contribution is 2.55. The molecule has 0 bridgehead atoms. The Hall–Kier alpha value is -2.39. The second kappa shape index (κ2) is 6.81. The molecule has 32 heavy (non-hydrogen) atoms. The molecule has 0 saturated heterocycles. The van der Waals surface area contributed by atoms with Gasteiger partial charge in [-0.15, -0.1) is 0 Å². The van der Waals surface area contributed by atoms with Gasteiger partial charge in [-0.1, -0.05) is 93.6 Å². The lowest BCUT2D eigenvalue weighted by Crippen LogP contribution is -2.25. The van der Waals surface area contributed by atoms with Gasteiger partial charge in [0, 0.05) is 14.4 Å². The van der Waals surface area contributed by atoms with Crippen molar-refractivity contribution in [3.8, 4) is 22.3 Å². The Bertz CT molecular complexity index is 1410. The van der Waals surface area contributed by atoms with Gasteiger partial charge in [-0.25, -0.2) is 0 Å². The summed E-state index contributed by atoms with van der Waals surface area (Å²) in [5.41, 5.74) is 14.5. The van der Waals surface area contributed by atoms with E-state index < -0.39 is 0 Å². The van der Waals surface area contributed by atoms with E-state index in [9.17, 15) is 0 Å². The standard InChI is InChI=1S/C31H27I/c1-19-16-17-25-28(20-10-5-7-12-23(20)30(25,2)3)22(19)18-31(4)24-13-8-6-11-21(24)29-26(31)14-9-15-27(29)32/h5-17H,18H2,1-4H3. The molecule has 0 spiro atoms. The van der Waals surface area contributed by atoms with Crippen LogP contribution in [0.4, 0.5) is 0 Å². The number of fused-ring (bicyclic) bond motifs is 6. The van der Waals surface area contributed by atoms with Crippen molar-refractivity contribution in [2.24, 2.45) is 0 Å². The van der Waals surface area contributed by atoms with Gasteiger partial charge in [-0.2, -0.15) is 0 Å². The van der Waals surface area contributed by atoms with Crippen LogP contribution in [0.1, 0.15) is 54.2 Å². The SMILES string of the molecule is Cc1ccc2c(c1CC1(C)c3ccccc3-c3c(I)cccc31)-c1ccccc1C2(C)C. The van der Waals surface area contributed by atoms with Crippen molar-refractivity contribution in [1.82, 2.24) is 0 Å². The van der Waals surface area contributed by atoms with Crippen LogP contribution < -0.4 is 0 Å². The highest BCUT2D eigenvalue weighted by atomic mass is 127. The van der Waals surface area contributed by atoms with Gasteiger partial charge in [0.1, 0.15) is 0 Å². The van der Waals surface area contributed by atoms with Crippen LogP contribution in [-0.2, 0) is 17.3 Å². The lowest BCUT2D eigenvalue weighted by molar-refractivity contribution is 0.580. The molecule has 0 N–H and O–H groups in total. The molecule has 1 heteroatoms. The average Bonchev–Trinajstić information content (AvgIpc) is 3.18. The van der Waals surface area contributed by atoms with Crippen molar-refractivity contribution < 1.29 is 0 Å². The second-order valence-corrected chi connectivity index (χ2v) is 11.3. The van der Waals surface area contributed by atoms with E-state index in [4.69, 9.17) is 0 Å². The lowest BCUT2D eigenvalue weighted by Gasteiger charge is -2.30. The summed E-state index contributed by atoms with van der Waals surface area (Å²) in [6, 6.07) is 29.6. The number of rotatable bonds is 2. The molecule has 4 aromatic carbocycles. The van der Waals surface area contributed by atoms with Gasteiger partial charge >= 0.3 is 0 Å². The highest BCUT2D eigenvalue weighted by molar-refractivity contribution is 14.1. The first kappa shape index (κ1) is 20.2. The van der Waals surface area contributed by atoms with E-state index in [-0.39, 0.29) is 10.8 Å². The zero-order valence-electron chi connectivity index (χ0n) is 19.1. The van der Waals surface area contributed by atoms with E-state index in [0.717, 1.165) is 6.42 Å². The highest BCUT2D eigenvalue weighted by Gasteiger charge is 2.43. The van der Waals surface area contributed by atoms with Gasteiger partial charge < -0.3 is 0 Å². The molecular formula is C31H27I. The van der Waals surface area contributed by atoms with Gasteiger partial charge in [0.25, 0.3) is 0 Å². The van der Waals surface area contributed by atoms with Crippen LogP contribution in [0.15, 0.2) is 78.9 Å². The molecule has 4 aromatic rings. The first-order valence-electron chi connectivity index (χ1n) is 11.5. The molecule has 0 nitrogen and oxygen atoms in total. The van der Waals surface area contributed by atoms with Crippen molar-refractivity contribution >= 4 is 22.6 Å². The molecule has 0 amide bonds. The first-order chi connectivity index (χ1) is 15.3. The fraction of sp³-hybridized carbons (Fsp3) is 0.226. The third-order valence-corrected chi connectivity index (χ3v) is 8.92. The van der Waals surface area contributed by atoms with Gasteiger partial charge in [0.2, 0.25) is 0 Å². The minimum absolute atomic E-state index is 0.0378. The number of hydrogen-bond donors (Lipinski definition) is 0. The van der Waals surface area contributed by atoms with Crippen LogP contribution in [-0.4, -0.2) is 0 Å². The fourth-order valence-corrected chi connectivity index (χ4v) is 7.12. The molecule has 6 rings (SSSR count). The van der Waals surface area contributed by atoms with Crippen molar-refractivity contribution in [3.63, 3.8) is 0 Å². The molecule has 0 aromatic heterocycles. The van der Waals surface area contributed by atoms with Gasteiger partial charge in [0.15, 0.2) is 0 Å². The van der Waals surface area contributed by atoms with Crippen LogP contribution in [0, 0.1) is 10.5 Å². The fourth-order valence-electron chi connectivity index (χ4n) is 6.33. The molecular weight excluding hydrogens is 499 g/mol. The van der Waals surface area contributed by atoms with E-state index in [1.54, 1.807) is 0 Å². The monoisotopic (exact) mass is 526 g/mol. The Morgan fingerprint density at radius 3 is 2.00 bits per heavy atom. The summed E-state index contributed by atoms with van der Waals surface area (Å²) in [4.78, 5) is 0. The Balaban J connectivity index is 1.62. The van der Waals surface area contributed by atoms with Gasteiger partial charge in [0.05, 0.1) is 0 Å². The third-order valence-electron chi connectivity index (χ3n) is 8.02. The number of benzene rings is 4. The largest absolute Gasteiger partial charge is 0.0619 e. The summed E-state index contributed by atoms with van der Waals surface area (Å²) in [6.45, 7) is 9.50. The van der Waals surface area contributed by atoms with Crippen LogP contribution in [0.2, 0.25) is 0 Å². The summed E-state index contributed by atoms with van der Waals surface area (Å²) >= 11 is 2.51. The zero-order chi connectivity index (χ0) is 22.3. The predicted octanol–water partition coefficient (Wildman–Crippen LogP) is 8.44. The minimum atomic E-state index is -0.0470. The van der Waals surface area contributed by atoms with Crippen LogP contribution in [0.3, 0.4) is 0 Å². The Labute approximate surface area is 204 Å². The summed E-state index contributed by atoms with van der Waals surface area (Å²) < 4.78 is 1.35. The van der Waals surface area contributed by atoms with Crippen molar-refractivity contribution in [1.29, 1.82) is 0 Å². The van der Waals surface area contributed by atoms with Crippen molar-refractivity contribution in [3.05, 3.63) is 116 Å². The van der Waals surface area contributed by atoms with Gasteiger partial charge in [-0.05, 0) is 97.6 Å². The number of halogens is 1. The quantitative estimate of drug-likeness (QED) is 0.230. The summed E-state index contributed by atoms with van der Waals surface area (Å²) in [5, 5.41) is 0. The van der Waals surface area contributed by atoms with Crippen molar-refractivity contribution in [2.75, 3.05) is 0 Å². The molecule has 0 aliphatic heterocycles. The Kier molecular flexibility index (Phi) is 4.30. The molecule has 1 atom stereocenters. The third kappa shape index (κ3) is 2.55. The maximum Gasteiger partial charge on any atom is 0.0228 e. The predicted molar refractivity (Wildman–Crippen MR) is 143 cm³/mol. The molecule has 0 radical (unpaired) electrons. The van der Waals surface area contributed by atoms with E-state index in [0.29, 0.717) is 0 Å². The van der Waals surface area contributed by atoms with Crippen LogP contribution in [0.25, 0.3) is 22.3 Å². The molecule has 0 heterocycles. The molecule has 158 valence electrons. The van der Waals surface area contributed by atoms with E-state index in [2.05, 4.69) is 129 Å². The lowest BCUT2D eigenvalue weighted by atomic mass is 9.73. The smallest absolute Gasteiger partial charge is 0.0228 e. The topological polar surface area (TPSA) is 0 Å². The molecule has 2 aliphatic rings. The Morgan fingerprint density at radius 2 is 1.25 bits per heavy atom. The molecule has 1 unspecified atom stereocenters. The maximum absolute atomic E-state index is 2.51. The summed E-state index contributed by atoms with van der Waals surface area (Å²) in [6.07, 6.45) is 1.01. The molecule has 2 aliphatic carbocycles. The zero-order valence-corrected chi connectivity index (χ0v) is 21.2. The van der Waals surface area contributed by atoms with Crippen molar-refractivity contribution in [2.45, 2.75) is 44.9 Å². The normalized spacial score (nSPS) is 19.3. The van der Waals surface area contributed by atoms with Crippen LogP contribution in [0.5, 0.6) is 0 Å². The van der Waals surface area contributed by atoms with E-state index in [1.807, 2.05) is 0 Å². The first-order valence-corrected chi connectivity index (χ1v) is 12.5. The average molecular weight is 526 g/mol. The number of aryl methyl sites for hydroxylation is 1. The minimum Gasteiger partial charge on any atom is -0.0619 e.